The largest absolute Gasteiger partial charge is 4.00 e. The predicted octanol–water partition coefficient (Wildman–Crippen LogP) is -1.00. The van der Waals surface area contributed by atoms with E-state index in [4.69, 9.17) is 0 Å². The van der Waals surface area contributed by atoms with Gasteiger partial charge in [0.1, 0.15) is 0 Å². The average molecular weight is 331 g/mol. The van der Waals surface area contributed by atoms with Crippen LogP contribution in [0.1, 0.15) is 0 Å². The monoisotopic (exact) mass is 331 g/mol. The van der Waals surface area contributed by atoms with Gasteiger partial charge in [-0.25, -0.2) is 0 Å². The van der Waals surface area contributed by atoms with E-state index in [-0.39, 0.29) is 80.2 Å². The molecule has 2 nitrogen and oxygen atoms in total. The van der Waals surface area contributed by atoms with Crippen molar-refractivity contribution >= 4 is 49.8 Å². The van der Waals surface area contributed by atoms with Crippen molar-refractivity contribution in [2.45, 2.75) is 0 Å². The standard InChI is InChI=1S/In.2O.Sn.Zn/q;2*-2;+4;. The van der Waals surface area contributed by atoms with E-state index in [1.807, 2.05) is 0 Å². The first-order valence-corrected chi connectivity index (χ1v) is 0. The molecule has 0 saturated heterocycles. The summed E-state index contributed by atoms with van der Waals surface area (Å²) in [6.07, 6.45) is 0. The quantitative estimate of drug-likeness (QED) is 0.512. The van der Waals surface area contributed by atoms with E-state index < -0.39 is 0 Å². The summed E-state index contributed by atoms with van der Waals surface area (Å²) in [5.41, 5.74) is 0. The second-order valence-electron chi connectivity index (χ2n) is 0. The Kier molecular flexibility index (Phi) is 392. The summed E-state index contributed by atoms with van der Waals surface area (Å²) < 4.78 is 0. The van der Waals surface area contributed by atoms with Gasteiger partial charge in [0, 0.05) is 45.3 Å². The molecular weight excluding hydrogens is 331 g/mol. The maximum atomic E-state index is 0. The topological polar surface area (TPSA) is 57.0 Å². The second kappa shape index (κ2) is 34.5. The van der Waals surface area contributed by atoms with Crippen LogP contribution in [0.15, 0.2) is 0 Å². The molecule has 0 aliphatic carbocycles. The third-order valence-corrected chi connectivity index (χ3v) is 0. The van der Waals surface area contributed by atoms with Gasteiger partial charge in [0.2, 0.25) is 0 Å². The summed E-state index contributed by atoms with van der Waals surface area (Å²) in [5, 5.41) is 0. The molecule has 0 N–H and O–H groups in total. The molecule has 5 heavy (non-hydrogen) atoms. The molecule has 0 atom stereocenters. The summed E-state index contributed by atoms with van der Waals surface area (Å²) in [7, 11) is 0. The van der Waals surface area contributed by atoms with Crippen molar-refractivity contribution in [2.24, 2.45) is 0 Å². The minimum Gasteiger partial charge on any atom is -2.00 e. The summed E-state index contributed by atoms with van der Waals surface area (Å²) >= 11 is 0. The molecule has 0 saturated carbocycles. The molecule has 0 bridgehead atoms. The van der Waals surface area contributed by atoms with Crippen LogP contribution in [0.4, 0.5) is 0 Å². The van der Waals surface area contributed by atoms with Gasteiger partial charge >= 0.3 is 23.9 Å². The minimum atomic E-state index is 0. The normalized spacial score (nSPS) is 0. The zero-order valence-electron chi connectivity index (χ0n) is 2.60. The smallest absolute Gasteiger partial charge is 2.00 e. The van der Waals surface area contributed by atoms with E-state index in [1.54, 1.807) is 0 Å². The Morgan fingerprint density at radius 3 is 0.800 bits per heavy atom. The Hall–Kier alpha value is 2.21. The van der Waals surface area contributed by atoms with Gasteiger partial charge in [-0.3, -0.25) is 0 Å². The summed E-state index contributed by atoms with van der Waals surface area (Å²) in [6.45, 7) is 0. The van der Waals surface area contributed by atoms with Crippen molar-refractivity contribution in [3.05, 3.63) is 0 Å². The van der Waals surface area contributed by atoms with E-state index in [2.05, 4.69) is 0 Å². The number of rotatable bonds is 0. The molecule has 0 fully saturated rings. The van der Waals surface area contributed by atoms with Crippen molar-refractivity contribution in [3.8, 4) is 0 Å². The molecule has 0 aromatic rings. The average Bonchev–Trinajstić information content (AvgIpc) is 0. The van der Waals surface area contributed by atoms with Crippen molar-refractivity contribution in [2.75, 3.05) is 0 Å². The third kappa shape index (κ3) is 22.5. The Labute approximate surface area is 79.2 Å². The zero-order valence-corrected chi connectivity index (χ0v) is 11.7. The fourth-order valence-corrected chi connectivity index (χ4v) is 0. The first-order valence-electron chi connectivity index (χ1n) is 0. The van der Waals surface area contributed by atoms with Crippen LogP contribution >= 0.6 is 0 Å². The fraction of sp³-hybridized carbons (Fsp3) is 0. The number of hydrogen-bond acceptors (Lipinski definition) is 0. The second-order valence-corrected chi connectivity index (χ2v) is 0. The van der Waals surface area contributed by atoms with Gasteiger partial charge in [-0.15, -0.1) is 0 Å². The minimum absolute atomic E-state index is 0. The van der Waals surface area contributed by atoms with Gasteiger partial charge in [-0.1, -0.05) is 0 Å². The molecule has 0 heterocycles. The summed E-state index contributed by atoms with van der Waals surface area (Å²) in [6, 6.07) is 0. The van der Waals surface area contributed by atoms with E-state index in [9.17, 15) is 0 Å². The van der Waals surface area contributed by atoms with Crippen LogP contribution in [0.2, 0.25) is 0 Å². The van der Waals surface area contributed by atoms with Crippen LogP contribution in [-0.2, 0) is 30.4 Å². The maximum Gasteiger partial charge on any atom is 4.00 e. The van der Waals surface area contributed by atoms with Crippen LogP contribution in [0.25, 0.3) is 0 Å². The van der Waals surface area contributed by atoms with Crippen LogP contribution in [-0.4, -0.2) is 49.8 Å². The van der Waals surface area contributed by atoms with Crippen molar-refractivity contribution in [1.29, 1.82) is 0 Å². The predicted molar refractivity (Wildman–Crippen MR) is 12.9 cm³/mol. The van der Waals surface area contributed by atoms with E-state index in [0.717, 1.165) is 0 Å². The van der Waals surface area contributed by atoms with Crippen LogP contribution in [0, 0.1) is 0 Å². The fourth-order valence-electron chi connectivity index (χ4n) is 0. The zero-order chi connectivity index (χ0) is 0. The van der Waals surface area contributed by atoms with E-state index in [0.29, 0.717) is 0 Å². The van der Waals surface area contributed by atoms with Crippen LogP contribution in [0.3, 0.4) is 0 Å². The van der Waals surface area contributed by atoms with Gasteiger partial charge in [0.15, 0.2) is 0 Å². The summed E-state index contributed by atoms with van der Waals surface area (Å²) in [4.78, 5) is 0. The molecular formula is InO2SnZn. The van der Waals surface area contributed by atoms with Gasteiger partial charge in [0.25, 0.3) is 0 Å². The van der Waals surface area contributed by atoms with Gasteiger partial charge in [-0.2, -0.15) is 0 Å². The molecule has 0 amide bonds. The molecule has 0 spiro atoms. The molecule has 0 rings (SSSR count). The Morgan fingerprint density at radius 1 is 0.800 bits per heavy atom. The Bertz CT molecular complexity index is 9.61. The van der Waals surface area contributed by atoms with Crippen LogP contribution in [0.5, 0.6) is 0 Å². The molecule has 0 aromatic carbocycles. The SMILES string of the molecule is [In].[O-2].[O-2].[Sn+4].[Zn]. The van der Waals surface area contributed by atoms with Gasteiger partial charge in [0.05, 0.1) is 0 Å². The third-order valence-electron chi connectivity index (χ3n) is 0. The van der Waals surface area contributed by atoms with E-state index in [1.165, 1.54) is 0 Å². The molecule has 0 unspecified atom stereocenters. The maximum absolute atomic E-state index is 0. The molecule has 3 radical (unpaired) electrons. The Morgan fingerprint density at radius 2 is 0.800 bits per heavy atom. The van der Waals surface area contributed by atoms with Crippen molar-refractivity contribution in [1.82, 2.24) is 0 Å². The first kappa shape index (κ1) is 56.9. The molecule has 0 aromatic heterocycles. The van der Waals surface area contributed by atoms with Crippen molar-refractivity contribution in [3.63, 3.8) is 0 Å². The molecule has 0 aliphatic rings. The number of hydrogen-bond donors (Lipinski definition) is 0. The summed E-state index contributed by atoms with van der Waals surface area (Å²) in [5.74, 6) is 0. The molecule has 0 aliphatic heterocycles. The van der Waals surface area contributed by atoms with E-state index >= 15 is 0 Å². The van der Waals surface area contributed by atoms with Gasteiger partial charge in [-0.05, 0) is 0 Å². The molecule has 5 heteroatoms. The van der Waals surface area contributed by atoms with Crippen molar-refractivity contribution < 1.29 is 30.4 Å². The van der Waals surface area contributed by atoms with Gasteiger partial charge < -0.3 is 11.0 Å². The van der Waals surface area contributed by atoms with Crippen LogP contribution < -0.4 is 0 Å². The Balaban J connectivity index is 0. The first-order chi connectivity index (χ1) is 0. The molecule has 21 valence electrons.